The van der Waals surface area contributed by atoms with E-state index in [2.05, 4.69) is 4.98 Å². The second-order valence-electron chi connectivity index (χ2n) is 1.17. The normalized spacial score (nSPS) is 7.62. The molecule has 1 aromatic heterocycles. The van der Waals surface area contributed by atoms with Crippen LogP contribution in [0.5, 0.6) is 0 Å². The molecule has 8 heavy (non-hydrogen) atoms. The highest BCUT2D eigenvalue weighted by atomic mass is 19.1. The Morgan fingerprint density at radius 1 is 1.50 bits per heavy atom. The van der Waals surface area contributed by atoms with Gasteiger partial charge in [-0.05, 0) is 12.1 Å². The quantitative estimate of drug-likeness (QED) is 0.482. The molecular weight excluding hydrogens is 109 g/mol. The molecule has 0 aromatic carbocycles. The van der Waals surface area contributed by atoms with E-state index in [4.69, 9.17) is 0 Å². The van der Waals surface area contributed by atoms with Crippen LogP contribution in [-0.2, 0) is 0 Å². The summed E-state index contributed by atoms with van der Waals surface area (Å²) in [6, 6.07) is 2.91. The Balaban J connectivity index is 0.000000490. The van der Waals surface area contributed by atoms with Crippen molar-refractivity contribution in [2.45, 2.75) is 0 Å². The van der Waals surface area contributed by atoms with Gasteiger partial charge in [0.05, 0.1) is 6.20 Å². The molecule has 1 rings (SSSR count). The lowest BCUT2D eigenvalue weighted by atomic mass is 10.5. The minimum absolute atomic E-state index is 0. The first-order valence-electron chi connectivity index (χ1n) is 1.95. The lowest BCUT2D eigenvalue weighted by Crippen LogP contribution is -1.70. The van der Waals surface area contributed by atoms with E-state index in [1.807, 2.05) is 0 Å². The Morgan fingerprint density at radius 2 is 2.25 bits per heavy atom. The first-order valence-corrected chi connectivity index (χ1v) is 1.95. The van der Waals surface area contributed by atoms with Crippen LogP contribution in [0.1, 0.15) is 0 Å². The van der Waals surface area contributed by atoms with Gasteiger partial charge in [0.1, 0.15) is 5.82 Å². The van der Waals surface area contributed by atoms with Crippen LogP contribution >= 0.6 is 0 Å². The van der Waals surface area contributed by atoms with E-state index in [1.165, 1.54) is 18.5 Å². The van der Waals surface area contributed by atoms with E-state index < -0.39 is 0 Å². The van der Waals surface area contributed by atoms with Gasteiger partial charge in [0, 0.05) is 6.20 Å². The molecule has 2 nitrogen and oxygen atoms in total. The van der Waals surface area contributed by atoms with E-state index in [9.17, 15) is 4.39 Å². The largest absolute Gasteiger partial charge is 0.412 e. The first-order chi connectivity index (χ1) is 3.39. The number of aromatic nitrogens is 1. The van der Waals surface area contributed by atoms with Gasteiger partial charge >= 0.3 is 0 Å². The van der Waals surface area contributed by atoms with Crippen molar-refractivity contribution >= 4 is 0 Å². The molecule has 0 amide bonds. The standard InChI is InChI=1S/C5H4FN.H2O/c6-5-2-1-3-7-4-5;/h1-4H;1H2. The summed E-state index contributed by atoms with van der Waals surface area (Å²) in [7, 11) is 0. The summed E-state index contributed by atoms with van der Waals surface area (Å²) in [5.74, 6) is -0.289. The molecule has 0 saturated carbocycles. The lowest BCUT2D eigenvalue weighted by Gasteiger charge is -1.78. The molecule has 0 aliphatic carbocycles. The molecule has 0 bridgehead atoms. The number of nitrogens with zero attached hydrogens (tertiary/aromatic N) is 1. The van der Waals surface area contributed by atoms with Crippen molar-refractivity contribution in [2.24, 2.45) is 0 Å². The summed E-state index contributed by atoms with van der Waals surface area (Å²) in [5.41, 5.74) is 0. The van der Waals surface area contributed by atoms with E-state index in [0.29, 0.717) is 0 Å². The summed E-state index contributed by atoms with van der Waals surface area (Å²) in [4.78, 5) is 3.51. The van der Waals surface area contributed by atoms with Crippen molar-refractivity contribution in [3.63, 3.8) is 0 Å². The smallest absolute Gasteiger partial charge is 0.141 e. The van der Waals surface area contributed by atoms with E-state index >= 15 is 0 Å². The molecule has 0 aliphatic rings. The number of rotatable bonds is 0. The third-order valence-electron chi connectivity index (χ3n) is 0.625. The summed E-state index contributed by atoms with van der Waals surface area (Å²) in [6.07, 6.45) is 2.70. The van der Waals surface area contributed by atoms with Gasteiger partial charge in [-0.15, -0.1) is 0 Å². The Hall–Kier alpha value is -0.960. The van der Waals surface area contributed by atoms with Crippen molar-refractivity contribution in [2.75, 3.05) is 0 Å². The maximum Gasteiger partial charge on any atom is 0.141 e. The average molecular weight is 115 g/mol. The van der Waals surface area contributed by atoms with Crippen molar-refractivity contribution < 1.29 is 9.87 Å². The molecular formula is C5H6FNO. The van der Waals surface area contributed by atoms with Gasteiger partial charge < -0.3 is 5.48 Å². The molecule has 2 N–H and O–H groups in total. The molecule has 0 aliphatic heterocycles. The highest BCUT2D eigenvalue weighted by molar-refractivity contribution is 4.92. The molecule has 0 radical (unpaired) electrons. The van der Waals surface area contributed by atoms with E-state index in [-0.39, 0.29) is 11.3 Å². The number of hydrogen-bond donors (Lipinski definition) is 0. The fourth-order valence-corrected chi connectivity index (χ4v) is 0.342. The highest BCUT2D eigenvalue weighted by Gasteiger charge is 1.78. The predicted molar refractivity (Wildman–Crippen MR) is 27.8 cm³/mol. The fourth-order valence-electron chi connectivity index (χ4n) is 0.342. The summed E-state index contributed by atoms with van der Waals surface area (Å²) >= 11 is 0. The zero-order valence-corrected chi connectivity index (χ0v) is 4.13. The van der Waals surface area contributed by atoms with Gasteiger partial charge in [-0.1, -0.05) is 0 Å². The molecule has 44 valence electrons. The third kappa shape index (κ3) is 1.66. The van der Waals surface area contributed by atoms with Crippen LogP contribution in [0.3, 0.4) is 0 Å². The molecule has 0 spiro atoms. The maximum absolute atomic E-state index is 11.8. The van der Waals surface area contributed by atoms with Crippen LogP contribution < -0.4 is 0 Å². The second-order valence-corrected chi connectivity index (χ2v) is 1.17. The summed E-state index contributed by atoms with van der Waals surface area (Å²) < 4.78 is 11.8. The van der Waals surface area contributed by atoms with Gasteiger partial charge in [-0.25, -0.2) is 4.39 Å². The molecule has 1 aromatic rings. The molecule has 1 heterocycles. The average Bonchev–Trinajstić information content (AvgIpc) is 1.69. The zero-order chi connectivity index (χ0) is 5.11. The van der Waals surface area contributed by atoms with Crippen molar-refractivity contribution in [3.05, 3.63) is 30.3 Å². The van der Waals surface area contributed by atoms with Crippen LogP contribution in [-0.4, -0.2) is 10.5 Å². The zero-order valence-electron chi connectivity index (χ0n) is 4.13. The van der Waals surface area contributed by atoms with E-state index in [0.717, 1.165) is 0 Å². The fraction of sp³-hybridized carbons (Fsp3) is 0. The Labute approximate surface area is 46.3 Å². The van der Waals surface area contributed by atoms with Crippen LogP contribution in [0, 0.1) is 5.82 Å². The minimum atomic E-state index is -0.289. The summed E-state index contributed by atoms with van der Waals surface area (Å²) in [6.45, 7) is 0. The SMILES string of the molecule is Fc1cccnc1.O. The highest BCUT2D eigenvalue weighted by Crippen LogP contribution is 1.87. The van der Waals surface area contributed by atoms with E-state index in [1.54, 1.807) is 6.07 Å². The predicted octanol–water partition coefficient (Wildman–Crippen LogP) is 0.396. The van der Waals surface area contributed by atoms with Crippen LogP contribution in [0.2, 0.25) is 0 Å². The number of hydrogen-bond acceptors (Lipinski definition) is 1. The van der Waals surface area contributed by atoms with Crippen molar-refractivity contribution in [1.82, 2.24) is 4.98 Å². The topological polar surface area (TPSA) is 44.4 Å². The molecule has 0 saturated heterocycles. The first kappa shape index (κ1) is 7.04. The van der Waals surface area contributed by atoms with Crippen molar-refractivity contribution in [1.29, 1.82) is 0 Å². The number of halogens is 1. The maximum atomic E-state index is 11.8. The minimum Gasteiger partial charge on any atom is -0.412 e. The Morgan fingerprint density at radius 3 is 2.50 bits per heavy atom. The van der Waals surface area contributed by atoms with Gasteiger partial charge in [-0.3, -0.25) is 4.98 Å². The van der Waals surface area contributed by atoms with Gasteiger partial charge in [0.15, 0.2) is 0 Å². The van der Waals surface area contributed by atoms with Crippen LogP contribution in [0.25, 0.3) is 0 Å². The summed E-state index contributed by atoms with van der Waals surface area (Å²) in [5, 5.41) is 0. The molecule has 3 heteroatoms. The van der Waals surface area contributed by atoms with Crippen LogP contribution in [0.15, 0.2) is 24.5 Å². The third-order valence-corrected chi connectivity index (χ3v) is 0.625. The molecule has 0 fully saturated rings. The van der Waals surface area contributed by atoms with Crippen molar-refractivity contribution in [3.8, 4) is 0 Å². The molecule has 0 unspecified atom stereocenters. The van der Waals surface area contributed by atoms with Crippen LogP contribution in [0.4, 0.5) is 4.39 Å². The van der Waals surface area contributed by atoms with Gasteiger partial charge in [0.25, 0.3) is 0 Å². The lowest BCUT2D eigenvalue weighted by molar-refractivity contribution is 0.621. The monoisotopic (exact) mass is 115 g/mol. The second kappa shape index (κ2) is 3.10. The molecule has 0 atom stereocenters. The van der Waals surface area contributed by atoms with Gasteiger partial charge in [-0.2, -0.15) is 0 Å². The number of pyridine rings is 1. The Bertz CT molecular complexity index is 142. The Kier molecular flexibility index (Phi) is 2.72. The van der Waals surface area contributed by atoms with Gasteiger partial charge in [0.2, 0.25) is 0 Å².